The quantitative estimate of drug-likeness (QED) is 0.764. The molecule has 0 radical (unpaired) electrons. The number of ether oxygens (including phenoxy) is 1. The molecule has 1 fully saturated rings. The second kappa shape index (κ2) is 8.32. The molecule has 18 heavy (non-hydrogen) atoms. The maximum Gasteiger partial charge on any atom is 0.214 e. The number of hydrogen-bond acceptors (Lipinski definition) is 4. The smallest absolute Gasteiger partial charge is 0.214 e. The molecule has 0 aromatic carbocycles. The first-order valence-electron chi connectivity index (χ1n) is 6.26. The largest absolute Gasteiger partial charge is 0.378 e. The maximum atomic E-state index is 11.8. The lowest BCUT2D eigenvalue weighted by atomic mass is 10.0. The van der Waals surface area contributed by atoms with Gasteiger partial charge in [-0.3, -0.25) is 0 Å². The van der Waals surface area contributed by atoms with Gasteiger partial charge in [0.25, 0.3) is 0 Å². The molecule has 7 heteroatoms. The van der Waals surface area contributed by atoms with Crippen LogP contribution in [0.25, 0.3) is 0 Å². The zero-order valence-corrected chi connectivity index (χ0v) is 12.9. The van der Waals surface area contributed by atoms with Crippen LogP contribution in [0, 0.1) is 0 Å². The fraction of sp³-hybridized carbons (Fsp3) is 1.00. The topological polar surface area (TPSA) is 67.4 Å². The summed E-state index contributed by atoms with van der Waals surface area (Å²) in [5, 5.41) is 3.27. The molecule has 0 amide bonds. The Kier molecular flexibility index (Phi) is 8.38. The van der Waals surface area contributed by atoms with Crippen LogP contribution in [0.3, 0.4) is 0 Å². The maximum absolute atomic E-state index is 11.8. The van der Waals surface area contributed by atoms with E-state index in [2.05, 4.69) is 10.0 Å². The molecule has 1 rings (SSSR count). The minimum Gasteiger partial charge on any atom is -0.378 e. The molecule has 2 N–H and O–H groups in total. The van der Waals surface area contributed by atoms with Gasteiger partial charge in [-0.15, -0.1) is 12.4 Å². The summed E-state index contributed by atoms with van der Waals surface area (Å²) < 4.78 is 31.6. The van der Waals surface area contributed by atoms with E-state index in [9.17, 15) is 8.42 Å². The van der Waals surface area contributed by atoms with Crippen LogP contribution in [0.5, 0.6) is 0 Å². The molecule has 1 aliphatic heterocycles. The Balaban J connectivity index is 0.00000289. The Hall–Kier alpha value is 0.120. The van der Waals surface area contributed by atoms with Gasteiger partial charge in [0.15, 0.2) is 0 Å². The van der Waals surface area contributed by atoms with Crippen LogP contribution >= 0.6 is 12.4 Å². The van der Waals surface area contributed by atoms with E-state index >= 15 is 0 Å². The lowest BCUT2D eigenvalue weighted by molar-refractivity contribution is 0.0911. The lowest BCUT2D eigenvalue weighted by Gasteiger charge is -2.30. The lowest BCUT2D eigenvalue weighted by Crippen LogP contribution is -2.52. The molecule has 1 aliphatic rings. The molecule has 110 valence electrons. The summed E-state index contributed by atoms with van der Waals surface area (Å²) in [5.41, 5.74) is 0. The Morgan fingerprint density at radius 3 is 2.67 bits per heavy atom. The Morgan fingerprint density at radius 2 is 2.11 bits per heavy atom. The highest BCUT2D eigenvalue weighted by Crippen LogP contribution is 2.09. The van der Waals surface area contributed by atoms with Crippen molar-refractivity contribution in [1.29, 1.82) is 0 Å². The van der Waals surface area contributed by atoms with E-state index in [1.165, 1.54) is 0 Å². The van der Waals surface area contributed by atoms with Gasteiger partial charge in [0.2, 0.25) is 10.0 Å². The van der Waals surface area contributed by atoms with Gasteiger partial charge in [0.05, 0.1) is 18.5 Å². The highest BCUT2D eigenvalue weighted by atomic mass is 35.5. The van der Waals surface area contributed by atoms with Crippen LogP contribution in [-0.4, -0.2) is 45.5 Å². The van der Waals surface area contributed by atoms with Gasteiger partial charge in [-0.25, -0.2) is 13.1 Å². The Morgan fingerprint density at radius 1 is 1.44 bits per heavy atom. The summed E-state index contributed by atoms with van der Waals surface area (Å²) in [6.07, 6.45) is 1.99. The summed E-state index contributed by atoms with van der Waals surface area (Å²) in [4.78, 5) is 0. The molecule has 0 aliphatic carbocycles. The first-order valence-corrected chi connectivity index (χ1v) is 7.91. The number of hydrogen-bond donors (Lipinski definition) is 2. The van der Waals surface area contributed by atoms with Crippen molar-refractivity contribution in [3.8, 4) is 0 Å². The van der Waals surface area contributed by atoms with Gasteiger partial charge < -0.3 is 10.1 Å². The predicted molar refractivity (Wildman–Crippen MR) is 75.7 cm³/mol. The van der Waals surface area contributed by atoms with Gasteiger partial charge in [-0.05, 0) is 40.2 Å². The van der Waals surface area contributed by atoms with Gasteiger partial charge in [0, 0.05) is 12.1 Å². The van der Waals surface area contributed by atoms with Crippen molar-refractivity contribution >= 4 is 22.4 Å². The van der Waals surface area contributed by atoms with Gasteiger partial charge >= 0.3 is 0 Å². The fourth-order valence-corrected chi connectivity index (χ4v) is 3.10. The van der Waals surface area contributed by atoms with E-state index in [1.54, 1.807) is 0 Å². The number of rotatable bonds is 6. The van der Waals surface area contributed by atoms with Crippen LogP contribution in [-0.2, 0) is 14.8 Å². The van der Waals surface area contributed by atoms with E-state index in [1.807, 2.05) is 20.8 Å². The predicted octanol–water partition coefficient (Wildman–Crippen LogP) is 0.893. The minimum absolute atomic E-state index is 0. The van der Waals surface area contributed by atoms with E-state index < -0.39 is 10.0 Å². The molecule has 0 aromatic heterocycles. The summed E-state index contributed by atoms with van der Waals surface area (Å²) in [5.74, 6) is 0.0361. The van der Waals surface area contributed by atoms with Crippen molar-refractivity contribution in [3.05, 3.63) is 0 Å². The molecular formula is C11H25ClN2O3S. The second-order valence-electron chi connectivity index (χ2n) is 4.85. The van der Waals surface area contributed by atoms with E-state index in [0.717, 1.165) is 19.4 Å². The molecule has 0 bridgehead atoms. The number of nitrogens with one attached hydrogen (secondary N) is 2. The summed E-state index contributed by atoms with van der Waals surface area (Å²) in [6, 6.07) is 0.206. The number of piperidine rings is 1. The molecule has 1 saturated heterocycles. The monoisotopic (exact) mass is 300 g/mol. The van der Waals surface area contributed by atoms with Crippen LogP contribution in [0.2, 0.25) is 0 Å². The normalized spacial score (nSPS) is 24.9. The number of halogens is 1. The van der Waals surface area contributed by atoms with Crippen molar-refractivity contribution in [2.75, 3.05) is 18.9 Å². The highest BCUT2D eigenvalue weighted by Gasteiger charge is 2.25. The average Bonchev–Trinajstić information content (AvgIpc) is 2.20. The van der Waals surface area contributed by atoms with Crippen molar-refractivity contribution in [2.45, 2.75) is 51.8 Å². The van der Waals surface area contributed by atoms with Crippen molar-refractivity contribution < 1.29 is 13.2 Å². The molecule has 2 atom stereocenters. The molecule has 0 saturated carbocycles. The third kappa shape index (κ3) is 6.89. The van der Waals surface area contributed by atoms with Gasteiger partial charge in [-0.2, -0.15) is 0 Å². The summed E-state index contributed by atoms with van der Waals surface area (Å²) in [6.45, 7) is 7.02. The third-order valence-corrected chi connectivity index (χ3v) is 4.26. The van der Waals surface area contributed by atoms with Crippen LogP contribution in [0.4, 0.5) is 0 Å². The number of sulfonamides is 1. The van der Waals surface area contributed by atoms with Crippen LogP contribution in [0.1, 0.15) is 33.6 Å². The molecule has 0 aromatic rings. The fourth-order valence-electron chi connectivity index (χ4n) is 1.89. The van der Waals surface area contributed by atoms with E-state index in [-0.39, 0.29) is 43.0 Å². The zero-order chi connectivity index (χ0) is 12.9. The third-order valence-electron chi connectivity index (χ3n) is 2.90. The molecule has 1 heterocycles. The van der Waals surface area contributed by atoms with Crippen LogP contribution in [0.15, 0.2) is 0 Å². The SMILES string of the molecule is CC(C)OCCS(=O)(=O)NC1CCCNC1C.Cl. The average molecular weight is 301 g/mol. The molecule has 0 spiro atoms. The van der Waals surface area contributed by atoms with Crippen molar-refractivity contribution in [2.24, 2.45) is 0 Å². The van der Waals surface area contributed by atoms with Gasteiger partial charge in [0.1, 0.15) is 0 Å². The van der Waals surface area contributed by atoms with Gasteiger partial charge in [-0.1, -0.05) is 0 Å². The van der Waals surface area contributed by atoms with Crippen LogP contribution < -0.4 is 10.0 Å². The minimum atomic E-state index is -3.22. The first kappa shape index (κ1) is 18.1. The second-order valence-corrected chi connectivity index (χ2v) is 6.72. The molecule has 2 unspecified atom stereocenters. The highest BCUT2D eigenvalue weighted by molar-refractivity contribution is 7.89. The summed E-state index contributed by atoms with van der Waals surface area (Å²) in [7, 11) is -3.22. The van der Waals surface area contributed by atoms with E-state index in [4.69, 9.17) is 4.74 Å². The first-order chi connectivity index (χ1) is 7.91. The van der Waals surface area contributed by atoms with E-state index in [0.29, 0.717) is 0 Å². The summed E-state index contributed by atoms with van der Waals surface area (Å²) >= 11 is 0. The standard InChI is InChI=1S/C11H24N2O3S.ClH/c1-9(2)16-7-8-17(14,15)13-11-5-4-6-12-10(11)3;/h9-13H,4-8H2,1-3H3;1H. The Labute approximate surface area is 117 Å². The Bertz CT molecular complexity index is 322. The molecule has 5 nitrogen and oxygen atoms in total. The molecular weight excluding hydrogens is 276 g/mol. The van der Waals surface area contributed by atoms with Crippen molar-refractivity contribution in [1.82, 2.24) is 10.0 Å². The zero-order valence-electron chi connectivity index (χ0n) is 11.3. The van der Waals surface area contributed by atoms with Crippen molar-refractivity contribution in [3.63, 3.8) is 0 Å².